The van der Waals surface area contributed by atoms with Crippen molar-refractivity contribution in [2.45, 2.75) is 50.0 Å². The van der Waals surface area contributed by atoms with Crippen molar-refractivity contribution in [2.24, 2.45) is 0 Å². The summed E-state index contributed by atoms with van der Waals surface area (Å²) in [5.41, 5.74) is 0.690. The number of halogens is 2. The average molecular weight is 490 g/mol. The highest BCUT2D eigenvalue weighted by Crippen LogP contribution is 2.33. The number of piperidine rings is 1. The van der Waals surface area contributed by atoms with Gasteiger partial charge in [0.15, 0.2) is 5.82 Å². The Balaban J connectivity index is 1.38. The molecule has 0 bridgehead atoms. The molecule has 0 radical (unpaired) electrons. The van der Waals surface area contributed by atoms with Crippen LogP contribution in [0.1, 0.15) is 44.3 Å². The Kier molecular flexibility index (Phi) is 5.95. The molecule has 0 spiro atoms. The van der Waals surface area contributed by atoms with E-state index in [0.717, 1.165) is 25.1 Å². The first-order valence-electron chi connectivity index (χ1n) is 11.3. The fourth-order valence-electron chi connectivity index (χ4n) is 4.39. The molecule has 1 aromatic carbocycles. The molecular formula is C23H25F2N5O3S. The van der Waals surface area contributed by atoms with Crippen molar-refractivity contribution in [1.82, 2.24) is 19.3 Å². The van der Waals surface area contributed by atoms with E-state index in [1.165, 1.54) is 6.20 Å². The van der Waals surface area contributed by atoms with Gasteiger partial charge >= 0.3 is 0 Å². The molecule has 1 unspecified atom stereocenters. The quantitative estimate of drug-likeness (QED) is 0.546. The van der Waals surface area contributed by atoms with Crippen molar-refractivity contribution in [3.05, 3.63) is 47.8 Å². The van der Waals surface area contributed by atoms with E-state index in [1.807, 2.05) is 0 Å². The minimum atomic E-state index is -3.20. The Bertz CT molecular complexity index is 1340. The van der Waals surface area contributed by atoms with E-state index in [-0.39, 0.29) is 34.0 Å². The summed E-state index contributed by atoms with van der Waals surface area (Å²) in [5.74, 6) is -1.17. The van der Waals surface area contributed by atoms with Gasteiger partial charge in [-0.1, -0.05) is 0 Å². The van der Waals surface area contributed by atoms with Crippen LogP contribution >= 0.6 is 0 Å². The van der Waals surface area contributed by atoms with Gasteiger partial charge in [0.05, 0.1) is 17.6 Å². The van der Waals surface area contributed by atoms with Crippen molar-refractivity contribution in [1.29, 1.82) is 0 Å². The Hall–Kier alpha value is -2.76. The minimum Gasteiger partial charge on any atom is -0.389 e. The lowest BCUT2D eigenvalue weighted by Gasteiger charge is -2.31. The summed E-state index contributed by atoms with van der Waals surface area (Å²) in [5, 5.41) is 13.4. The number of rotatable bonds is 6. The number of aliphatic hydroxyl groups is 1. The number of nitrogens with zero attached hydrogens (tertiary/aromatic N) is 4. The van der Waals surface area contributed by atoms with Crippen LogP contribution in [0.15, 0.2) is 30.6 Å². The molecular weight excluding hydrogens is 464 g/mol. The SMILES string of the molecule is CC(O)c1ccnc2c(F)cc(-c3nc(NC4CCN(S(=O)(=O)C5CC5)CC4)ncc3F)cc12. The summed E-state index contributed by atoms with van der Waals surface area (Å²) < 4.78 is 55.9. The highest BCUT2D eigenvalue weighted by Gasteiger charge is 2.41. The Morgan fingerprint density at radius 2 is 1.85 bits per heavy atom. The van der Waals surface area contributed by atoms with Crippen molar-refractivity contribution < 1.29 is 22.3 Å². The predicted octanol–water partition coefficient (Wildman–Crippen LogP) is 3.39. The molecule has 2 fully saturated rings. The van der Waals surface area contributed by atoms with Gasteiger partial charge in [-0.15, -0.1) is 0 Å². The van der Waals surface area contributed by atoms with Crippen LogP contribution < -0.4 is 5.32 Å². The smallest absolute Gasteiger partial charge is 0.223 e. The number of nitrogens with one attached hydrogen (secondary N) is 1. The van der Waals surface area contributed by atoms with Crippen LogP contribution in [-0.2, 0) is 10.0 Å². The summed E-state index contributed by atoms with van der Waals surface area (Å²) in [4.78, 5) is 12.3. The van der Waals surface area contributed by atoms with Crippen LogP contribution in [-0.4, -0.2) is 57.2 Å². The summed E-state index contributed by atoms with van der Waals surface area (Å²) in [7, 11) is -3.20. The molecule has 1 aliphatic heterocycles. The van der Waals surface area contributed by atoms with Crippen molar-refractivity contribution in [2.75, 3.05) is 18.4 Å². The Labute approximate surface area is 196 Å². The molecule has 3 heterocycles. The number of benzene rings is 1. The fourth-order valence-corrected chi connectivity index (χ4v) is 6.26. The minimum absolute atomic E-state index is 0.0663. The van der Waals surface area contributed by atoms with E-state index >= 15 is 0 Å². The van der Waals surface area contributed by atoms with Crippen molar-refractivity contribution >= 4 is 26.9 Å². The van der Waals surface area contributed by atoms with Gasteiger partial charge in [0, 0.05) is 36.3 Å². The van der Waals surface area contributed by atoms with Crippen LogP contribution in [0.4, 0.5) is 14.7 Å². The molecule has 34 heavy (non-hydrogen) atoms. The highest BCUT2D eigenvalue weighted by atomic mass is 32.2. The number of aliphatic hydroxyl groups excluding tert-OH is 1. The maximum absolute atomic E-state index is 14.8. The molecule has 5 rings (SSSR count). The second-order valence-corrected chi connectivity index (χ2v) is 11.1. The lowest BCUT2D eigenvalue weighted by atomic mass is 10.0. The first-order chi connectivity index (χ1) is 16.2. The first-order valence-corrected chi connectivity index (χ1v) is 12.8. The zero-order valence-corrected chi connectivity index (χ0v) is 19.4. The van der Waals surface area contributed by atoms with E-state index in [4.69, 9.17) is 0 Å². The molecule has 180 valence electrons. The van der Waals surface area contributed by atoms with E-state index in [9.17, 15) is 22.3 Å². The molecule has 11 heteroatoms. The van der Waals surface area contributed by atoms with Gasteiger partial charge in [-0.05, 0) is 56.4 Å². The van der Waals surface area contributed by atoms with E-state index in [2.05, 4.69) is 20.3 Å². The molecule has 2 aromatic heterocycles. The zero-order chi connectivity index (χ0) is 24.0. The summed E-state index contributed by atoms with van der Waals surface area (Å²) >= 11 is 0. The number of fused-ring (bicyclic) bond motifs is 1. The maximum Gasteiger partial charge on any atom is 0.223 e. The van der Waals surface area contributed by atoms with Gasteiger partial charge in [-0.2, -0.15) is 0 Å². The zero-order valence-electron chi connectivity index (χ0n) is 18.6. The molecule has 8 nitrogen and oxygen atoms in total. The van der Waals surface area contributed by atoms with Crippen LogP contribution in [0, 0.1) is 11.6 Å². The van der Waals surface area contributed by atoms with E-state index in [0.29, 0.717) is 36.9 Å². The second kappa shape index (κ2) is 8.79. The third kappa shape index (κ3) is 4.35. The van der Waals surface area contributed by atoms with E-state index in [1.54, 1.807) is 23.4 Å². The standard InChI is InChI=1S/C23H25F2N5O3S/c1-13(31)17-4-7-26-22-18(17)10-14(11-19(22)24)21-20(25)12-27-23(29-21)28-15-5-8-30(9-6-15)34(32,33)16-2-3-16/h4,7,10-13,15-16,31H,2-3,5-6,8-9H2,1H3,(H,27,28,29). The topological polar surface area (TPSA) is 108 Å². The van der Waals surface area contributed by atoms with Crippen molar-refractivity contribution in [3.8, 4) is 11.3 Å². The van der Waals surface area contributed by atoms with Crippen LogP contribution in [0.25, 0.3) is 22.2 Å². The lowest BCUT2D eigenvalue weighted by Crippen LogP contribution is -2.43. The van der Waals surface area contributed by atoms with Crippen molar-refractivity contribution in [3.63, 3.8) is 0 Å². The van der Waals surface area contributed by atoms with Gasteiger partial charge in [0.1, 0.15) is 17.0 Å². The molecule has 0 amide bonds. The molecule has 3 aromatic rings. The average Bonchev–Trinajstić information content (AvgIpc) is 3.66. The number of pyridine rings is 1. The number of hydrogen-bond donors (Lipinski definition) is 2. The second-order valence-electron chi connectivity index (χ2n) is 8.88. The number of sulfonamides is 1. The third-order valence-corrected chi connectivity index (χ3v) is 8.79. The molecule has 2 aliphatic rings. The molecule has 1 saturated carbocycles. The normalized spacial score (nSPS) is 18.8. The van der Waals surface area contributed by atoms with Gasteiger partial charge in [0.25, 0.3) is 0 Å². The van der Waals surface area contributed by atoms with Gasteiger partial charge < -0.3 is 10.4 Å². The fraction of sp³-hybridized carbons (Fsp3) is 0.435. The van der Waals surface area contributed by atoms with Crippen LogP contribution in [0.3, 0.4) is 0 Å². The summed E-state index contributed by atoms with van der Waals surface area (Å²) in [6.07, 6.45) is 4.21. The Morgan fingerprint density at radius 3 is 2.53 bits per heavy atom. The largest absolute Gasteiger partial charge is 0.389 e. The molecule has 1 atom stereocenters. The van der Waals surface area contributed by atoms with Gasteiger partial charge in [-0.25, -0.2) is 31.5 Å². The highest BCUT2D eigenvalue weighted by molar-refractivity contribution is 7.90. The molecule has 1 saturated heterocycles. The monoisotopic (exact) mass is 489 g/mol. The maximum atomic E-state index is 14.8. The number of aromatic nitrogens is 3. The van der Waals surface area contributed by atoms with Gasteiger partial charge in [-0.3, -0.25) is 4.98 Å². The number of anilines is 1. The predicted molar refractivity (Wildman–Crippen MR) is 123 cm³/mol. The van der Waals surface area contributed by atoms with E-state index < -0.39 is 27.8 Å². The Morgan fingerprint density at radius 1 is 1.12 bits per heavy atom. The molecule has 2 N–H and O–H groups in total. The van der Waals surface area contributed by atoms with Crippen LogP contribution in [0.5, 0.6) is 0 Å². The van der Waals surface area contributed by atoms with Crippen LogP contribution in [0.2, 0.25) is 0 Å². The first kappa shape index (κ1) is 23.0. The van der Waals surface area contributed by atoms with Gasteiger partial charge in [0.2, 0.25) is 16.0 Å². The summed E-state index contributed by atoms with van der Waals surface area (Å²) in [6, 6.07) is 4.25. The lowest BCUT2D eigenvalue weighted by molar-refractivity contribution is 0.201. The third-order valence-electron chi connectivity index (χ3n) is 6.39. The summed E-state index contributed by atoms with van der Waals surface area (Å²) in [6.45, 7) is 2.39. The molecule has 1 aliphatic carbocycles. The number of hydrogen-bond acceptors (Lipinski definition) is 7.